The monoisotopic (exact) mass is 327 g/mol. The molecule has 0 fully saturated rings. The van der Waals surface area contributed by atoms with Crippen molar-refractivity contribution in [2.45, 2.75) is 4.90 Å². The van der Waals surface area contributed by atoms with Crippen LogP contribution in [0.15, 0.2) is 29.2 Å². The summed E-state index contributed by atoms with van der Waals surface area (Å²) < 4.78 is 25.1. The molecule has 0 aliphatic carbocycles. The van der Waals surface area contributed by atoms with Crippen LogP contribution in [0.3, 0.4) is 0 Å². The average Bonchev–Trinajstić information content (AvgIpc) is 2.17. The molecular formula is C8H10INO3S. The van der Waals surface area contributed by atoms with Crippen molar-refractivity contribution in [3.8, 4) is 0 Å². The molecule has 14 heavy (non-hydrogen) atoms. The molecule has 0 N–H and O–H groups in total. The molecule has 0 aliphatic rings. The van der Waals surface area contributed by atoms with Gasteiger partial charge in [0, 0.05) is 10.6 Å². The third-order valence-corrected chi connectivity index (χ3v) is 4.75. The minimum absolute atomic E-state index is 0.255. The summed E-state index contributed by atoms with van der Waals surface area (Å²) in [6.45, 7) is 0. The molecular weight excluding hydrogens is 317 g/mol. The average molecular weight is 327 g/mol. The molecule has 0 unspecified atom stereocenters. The highest BCUT2D eigenvalue weighted by atomic mass is 127. The van der Waals surface area contributed by atoms with Crippen molar-refractivity contribution in [3.05, 3.63) is 27.8 Å². The SMILES string of the molecule is CON(C)S(=O)(=O)c1ccccc1I. The molecule has 0 spiro atoms. The van der Waals surface area contributed by atoms with Gasteiger partial charge in [0.1, 0.15) is 0 Å². The van der Waals surface area contributed by atoms with Crippen LogP contribution in [-0.4, -0.2) is 27.0 Å². The van der Waals surface area contributed by atoms with Gasteiger partial charge in [0.05, 0.1) is 12.0 Å². The normalized spacial score (nSPS) is 12.0. The highest BCUT2D eigenvalue weighted by molar-refractivity contribution is 14.1. The van der Waals surface area contributed by atoms with E-state index in [4.69, 9.17) is 0 Å². The zero-order valence-corrected chi connectivity index (χ0v) is 10.7. The largest absolute Gasteiger partial charge is 0.288 e. The third kappa shape index (κ3) is 2.25. The summed E-state index contributed by atoms with van der Waals surface area (Å²) in [6, 6.07) is 6.75. The van der Waals surface area contributed by atoms with Crippen molar-refractivity contribution < 1.29 is 13.3 Å². The number of hydroxylamine groups is 1. The van der Waals surface area contributed by atoms with Gasteiger partial charge in [0.2, 0.25) is 0 Å². The zero-order chi connectivity index (χ0) is 10.8. The van der Waals surface area contributed by atoms with Gasteiger partial charge in [-0.2, -0.15) is 0 Å². The fraction of sp³-hybridized carbons (Fsp3) is 0.250. The van der Waals surface area contributed by atoms with E-state index >= 15 is 0 Å². The first kappa shape index (κ1) is 11.9. The summed E-state index contributed by atoms with van der Waals surface area (Å²) in [4.78, 5) is 4.92. The Bertz CT molecular complexity index is 418. The van der Waals surface area contributed by atoms with E-state index in [2.05, 4.69) is 4.84 Å². The number of hydrogen-bond acceptors (Lipinski definition) is 3. The van der Waals surface area contributed by atoms with Crippen LogP contribution in [0.5, 0.6) is 0 Å². The zero-order valence-electron chi connectivity index (χ0n) is 7.77. The Labute approximate surface area is 97.0 Å². The molecule has 0 heterocycles. The van der Waals surface area contributed by atoms with Gasteiger partial charge in [0.15, 0.2) is 0 Å². The van der Waals surface area contributed by atoms with Gasteiger partial charge in [-0.3, -0.25) is 4.84 Å². The summed E-state index contributed by atoms with van der Waals surface area (Å²) in [5, 5.41) is 0. The van der Waals surface area contributed by atoms with Gasteiger partial charge in [0.25, 0.3) is 10.0 Å². The maximum atomic E-state index is 11.8. The molecule has 0 saturated carbocycles. The fourth-order valence-corrected chi connectivity index (χ4v) is 3.15. The lowest BCUT2D eigenvalue weighted by Gasteiger charge is -2.14. The van der Waals surface area contributed by atoms with Crippen LogP contribution in [0.25, 0.3) is 0 Å². The second-order valence-corrected chi connectivity index (χ2v) is 5.59. The smallest absolute Gasteiger partial charge is 0.265 e. The molecule has 1 aromatic rings. The van der Waals surface area contributed by atoms with E-state index in [1.54, 1.807) is 24.3 Å². The number of halogens is 1. The predicted octanol–water partition coefficient (Wildman–Crippen LogP) is 1.47. The molecule has 0 bridgehead atoms. The number of nitrogens with zero attached hydrogens (tertiary/aromatic N) is 1. The van der Waals surface area contributed by atoms with E-state index < -0.39 is 10.0 Å². The van der Waals surface area contributed by atoms with Gasteiger partial charge < -0.3 is 0 Å². The number of hydrogen-bond donors (Lipinski definition) is 0. The van der Waals surface area contributed by atoms with Crippen molar-refractivity contribution in [1.82, 2.24) is 4.47 Å². The number of sulfonamides is 1. The molecule has 0 atom stereocenters. The van der Waals surface area contributed by atoms with E-state index in [9.17, 15) is 8.42 Å². The quantitative estimate of drug-likeness (QED) is 0.624. The van der Waals surface area contributed by atoms with E-state index in [-0.39, 0.29) is 4.90 Å². The summed E-state index contributed by atoms with van der Waals surface area (Å²) in [5.74, 6) is 0. The summed E-state index contributed by atoms with van der Waals surface area (Å²) >= 11 is 1.97. The second kappa shape index (κ2) is 4.56. The van der Waals surface area contributed by atoms with Gasteiger partial charge in [-0.05, 0) is 34.7 Å². The molecule has 78 valence electrons. The Morgan fingerprint density at radius 2 is 1.93 bits per heavy atom. The van der Waals surface area contributed by atoms with Crippen LogP contribution in [0.1, 0.15) is 0 Å². The van der Waals surface area contributed by atoms with Crippen molar-refractivity contribution in [2.75, 3.05) is 14.2 Å². The van der Waals surface area contributed by atoms with Gasteiger partial charge >= 0.3 is 0 Å². The first-order valence-corrected chi connectivity index (χ1v) is 6.29. The minimum atomic E-state index is -3.52. The molecule has 4 nitrogen and oxygen atoms in total. The fourth-order valence-electron chi connectivity index (χ4n) is 0.891. The van der Waals surface area contributed by atoms with Crippen LogP contribution in [-0.2, 0) is 14.9 Å². The summed E-state index contributed by atoms with van der Waals surface area (Å²) in [6.07, 6.45) is 0. The predicted molar refractivity (Wildman–Crippen MR) is 61.1 cm³/mol. The van der Waals surface area contributed by atoms with Crippen molar-refractivity contribution in [3.63, 3.8) is 0 Å². The highest BCUT2D eigenvalue weighted by Gasteiger charge is 2.22. The van der Waals surface area contributed by atoms with Gasteiger partial charge in [-0.15, -0.1) is 0 Å². The molecule has 1 rings (SSSR count). The number of benzene rings is 1. The van der Waals surface area contributed by atoms with Crippen molar-refractivity contribution in [1.29, 1.82) is 0 Å². The highest BCUT2D eigenvalue weighted by Crippen LogP contribution is 2.20. The molecule has 0 aromatic heterocycles. The topological polar surface area (TPSA) is 46.6 Å². The van der Waals surface area contributed by atoms with Gasteiger partial charge in [-0.25, -0.2) is 8.42 Å². The third-order valence-electron chi connectivity index (χ3n) is 1.71. The van der Waals surface area contributed by atoms with E-state index in [0.29, 0.717) is 3.57 Å². The van der Waals surface area contributed by atoms with Crippen molar-refractivity contribution in [2.24, 2.45) is 0 Å². The minimum Gasteiger partial charge on any atom is -0.288 e. The lowest BCUT2D eigenvalue weighted by Crippen LogP contribution is -2.26. The molecule has 1 aromatic carbocycles. The van der Waals surface area contributed by atoms with Crippen LogP contribution < -0.4 is 0 Å². The van der Waals surface area contributed by atoms with E-state index in [1.807, 2.05) is 22.6 Å². The van der Waals surface area contributed by atoms with Crippen LogP contribution in [0.2, 0.25) is 0 Å². The van der Waals surface area contributed by atoms with E-state index in [0.717, 1.165) is 4.47 Å². The Balaban J connectivity index is 3.24. The first-order chi connectivity index (χ1) is 6.50. The standard InChI is InChI=1S/C8H10INO3S/c1-10(13-2)14(11,12)8-6-4-3-5-7(8)9/h3-6H,1-2H3. The lowest BCUT2D eigenvalue weighted by atomic mass is 10.4. The Hall–Kier alpha value is -0.180. The second-order valence-electron chi connectivity index (χ2n) is 2.53. The lowest BCUT2D eigenvalue weighted by molar-refractivity contribution is -0.0259. The summed E-state index contributed by atoms with van der Waals surface area (Å²) in [7, 11) is -0.844. The van der Waals surface area contributed by atoms with E-state index in [1.165, 1.54) is 14.2 Å². The maximum Gasteiger partial charge on any atom is 0.265 e. The van der Waals surface area contributed by atoms with Crippen molar-refractivity contribution >= 4 is 32.6 Å². The molecule has 6 heteroatoms. The Morgan fingerprint density at radius 3 is 2.43 bits per heavy atom. The Morgan fingerprint density at radius 1 is 1.36 bits per heavy atom. The molecule has 0 aliphatic heterocycles. The van der Waals surface area contributed by atoms with Crippen LogP contribution in [0, 0.1) is 3.57 Å². The maximum absolute atomic E-state index is 11.8. The molecule has 0 radical (unpaired) electrons. The number of rotatable bonds is 3. The van der Waals surface area contributed by atoms with Crippen LogP contribution in [0.4, 0.5) is 0 Å². The molecule has 0 saturated heterocycles. The molecule has 0 amide bonds. The van der Waals surface area contributed by atoms with Gasteiger partial charge in [-0.1, -0.05) is 16.6 Å². The summed E-state index contributed by atoms with van der Waals surface area (Å²) in [5.41, 5.74) is 0. The van der Waals surface area contributed by atoms with Crippen LogP contribution >= 0.6 is 22.6 Å². The first-order valence-electron chi connectivity index (χ1n) is 3.77. The Kier molecular flexibility index (Phi) is 3.87.